The van der Waals surface area contributed by atoms with E-state index in [1.54, 1.807) is 18.2 Å². The Morgan fingerprint density at radius 2 is 1.82 bits per heavy atom. The van der Waals surface area contributed by atoms with Gasteiger partial charge in [-0.1, -0.05) is 23.9 Å². The van der Waals surface area contributed by atoms with Gasteiger partial charge in [0.15, 0.2) is 5.16 Å². The number of anilines is 2. The lowest BCUT2D eigenvalue weighted by Gasteiger charge is -2.10. The van der Waals surface area contributed by atoms with Gasteiger partial charge in [0.25, 0.3) is 5.56 Å². The molecule has 0 aliphatic rings. The molecule has 0 aliphatic carbocycles. The monoisotopic (exact) mass is 314 g/mol. The number of H-pyrrole nitrogens is 1. The molecular formula is C14H14N6OS. The fourth-order valence-electron chi connectivity index (χ4n) is 2.03. The van der Waals surface area contributed by atoms with Crippen LogP contribution in [0, 0.1) is 0 Å². The Hall–Kier alpha value is -2.61. The molecule has 0 fully saturated rings. The second-order valence-corrected chi connectivity index (χ2v) is 6.04. The summed E-state index contributed by atoms with van der Waals surface area (Å²) >= 11 is 1.33. The number of para-hydroxylation sites is 1. The molecule has 1 atom stereocenters. The molecule has 0 unspecified atom stereocenters. The van der Waals surface area contributed by atoms with Gasteiger partial charge in [-0.15, -0.1) is 0 Å². The Bertz CT molecular complexity index is 874. The molecule has 0 aliphatic heterocycles. The van der Waals surface area contributed by atoms with Gasteiger partial charge in [0.1, 0.15) is 17.5 Å². The highest BCUT2D eigenvalue weighted by atomic mass is 32.2. The van der Waals surface area contributed by atoms with Gasteiger partial charge in [0.2, 0.25) is 0 Å². The second kappa shape index (κ2) is 5.64. The van der Waals surface area contributed by atoms with Crippen LogP contribution in [0.15, 0.2) is 40.3 Å². The third-order valence-electron chi connectivity index (χ3n) is 3.04. The zero-order chi connectivity index (χ0) is 15.7. The topological polar surface area (TPSA) is 124 Å². The molecule has 7 nitrogen and oxygen atoms in total. The Labute approximate surface area is 130 Å². The van der Waals surface area contributed by atoms with Crippen molar-refractivity contribution >= 4 is 34.3 Å². The average Bonchev–Trinajstić information content (AvgIpc) is 2.46. The van der Waals surface area contributed by atoms with E-state index in [2.05, 4.69) is 19.9 Å². The molecule has 112 valence electrons. The van der Waals surface area contributed by atoms with Crippen LogP contribution < -0.4 is 17.0 Å². The molecule has 0 saturated heterocycles. The van der Waals surface area contributed by atoms with Crippen molar-refractivity contribution in [3.05, 3.63) is 46.5 Å². The summed E-state index contributed by atoms with van der Waals surface area (Å²) in [6, 6.07) is 8.69. The summed E-state index contributed by atoms with van der Waals surface area (Å²) in [6.07, 6.45) is 0. The first-order chi connectivity index (χ1) is 10.5. The molecule has 3 aromatic rings. The van der Waals surface area contributed by atoms with Crippen LogP contribution in [0.4, 0.5) is 11.6 Å². The third-order valence-corrected chi connectivity index (χ3v) is 4.01. The number of nitrogens with two attached hydrogens (primary N) is 2. The summed E-state index contributed by atoms with van der Waals surface area (Å²) in [5.74, 6) is 1.17. The number of nitrogens with zero attached hydrogens (tertiary/aromatic N) is 3. The predicted molar refractivity (Wildman–Crippen MR) is 87.5 cm³/mol. The number of fused-ring (bicyclic) bond motifs is 1. The highest BCUT2D eigenvalue weighted by Crippen LogP contribution is 2.31. The minimum absolute atomic E-state index is 0.154. The first kappa shape index (κ1) is 14.3. The van der Waals surface area contributed by atoms with Crippen molar-refractivity contribution in [1.82, 2.24) is 19.9 Å². The molecule has 2 aromatic heterocycles. The van der Waals surface area contributed by atoms with Crippen LogP contribution in [0.1, 0.15) is 18.0 Å². The number of benzene rings is 1. The normalized spacial score (nSPS) is 12.4. The summed E-state index contributed by atoms with van der Waals surface area (Å²) in [7, 11) is 0. The van der Waals surface area contributed by atoms with Crippen LogP contribution in [-0.4, -0.2) is 19.9 Å². The number of hydrogen-bond donors (Lipinski definition) is 3. The fraction of sp³-hybridized carbons (Fsp3) is 0.143. The molecule has 0 radical (unpaired) electrons. The van der Waals surface area contributed by atoms with E-state index in [0.29, 0.717) is 33.5 Å². The summed E-state index contributed by atoms with van der Waals surface area (Å²) in [4.78, 5) is 27.6. The largest absolute Gasteiger partial charge is 0.383 e. The summed E-state index contributed by atoms with van der Waals surface area (Å²) in [5, 5.41) is 0.854. The molecular weight excluding hydrogens is 300 g/mol. The SMILES string of the molecule is C[C@H](Sc1nc(N)cc(N)n1)c1nc2ccccc2c(=O)[nH]1. The van der Waals surface area contributed by atoms with Gasteiger partial charge in [0.05, 0.1) is 16.2 Å². The molecule has 0 saturated carbocycles. The molecule has 0 spiro atoms. The van der Waals surface area contributed by atoms with Crippen LogP contribution in [0.25, 0.3) is 10.9 Å². The van der Waals surface area contributed by atoms with Gasteiger partial charge in [-0.25, -0.2) is 15.0 Å². The highest BCUT2D eigenvalue weighted by Gasteiger charge is 2.14. The van der Waals surface area contributed by atoms with E-state index in [4.69, 9.17) is 11.5 Å². The van der Waals surface area contributed by atoms with Crippen molar-refractivity contribution in [3.63, 3.8) is 0 Å². The fourth-order valence-corrected chi connectivity index (χ4v) is 2.88. The first-order valence-corrected chi connectivity index (χ1v) is 7.46. The van der Waals surface area contributed by atoms with E-state index in [9.17, 15) is 4.79 Å². The Morgan fingerprint density at radius 3 is 2.55 bits per heavy atom. The van der Waals surface area contributed by atoms with E-state index in [1.807, 2.05) is 13.0 Å². The van der Waals surface area contributed by atoms with Crippen LogP contribution in [-0.2, 0) is 0 Å². The molecule has 0 bridgehead atoms. The maximum absolute atomic E-state index is 12.1. The number of nitrogen functional groups attached to an aromatic ring is 2. The van der Waals surface area contributed by atoms with Crippen LogP contribution in [0.3, 0.4) is 0 Å². The molecule has 1 aromatic carbocycles. The zero-order valence-corrected chi connectivity index (χ0v) is 12.6. The molecule has 5 N–H and O–H groups in total. The summed E-state index contributed by atoms with van der Waals surface area (Å²) in [5.41, 5.74) is 11.8. The van der Waals surface area contributed by atoms with E-state index >= 15 is 0 Å². The van der Waals surface area contributed by atoms with Gasteiger partial charge >= 0.3 is 0 Å². The van der Waals surface area contributed by atoms with Gasteiger partial charge < -0.3 is 16.5 Å². The van der Waals surface area contributed by atoms with Gasteiger partial charge in [-0.3, -0.25) is 4.79 Å². The maximum atomic E-state index is 12.1. The molecule has 3 rings (SSSR count). The summed E-state index contributed by atoms with van der Waals surface area (Å²) < 4.78 is 0. The van der Waals surface area contributed by atoms with Gasteiger partial charge in [-0.2, -0.15) is 0 Å². The lowest BCUT2D eigenvalue weighted by Crippen LogP contribution is -2.13. The number of aromatic amines is 1. The quantitative estimate of drug-likeness (QED) is 0.497. The van der Waals surface area contributed by atoms with E-state index < -0.39 is 0 Å². The number of rotatable bonds is 3. The third kappa shape index (κ3) is 2.86. The van der Waals surface area contributed by atoms with Crippen LogP contribution >= 0.6 is 11.8 Å². The molecule has 2 heterocycles. The Morgan fingerprint density at radius 1 is 1.14 bits per heavy atom. The van der Waals surface area contributed by atoms with Crippen molar-refractivity contribution in [2.24, 2.45) is 0 Å². The van der Waals surface area contributed by atoms with Crippen molar-refractivity contribution in [2.45, 2.75) is 17.3 Å². The van der Waals surface area contributed by atoms with E-state index in [1.165, 1.54) is 17.8 Å². The molecule has 0 amide bonds. The van der Waals surface area contributed by atoms with Gasteiger partial charge in [-0.05, 0) is 19.1 Å². The Balaban J connectivity index is 1.95. The number of nitrogens with one attached hydrogen (secondary N) is 1. The van der Waals surface area contributed by atoms with Gasteiger partial charge in [0, 0.05) is 6.07 Å². The number of thioether (sulfide) groups is 1. The lowest BCUT2D eigenvalue weighted by molar-refractivity contribution is 0.904. The minimum atomic E-state index is -0.166. The smallest absolute Gasteiger partial charge is 0.258 e. The van der Waals surface area contributed by atoms with E-state index in [-0.39, 0.29) is 10.8 Å². The highest BCUT2D eigenvalue weighted by molar-refractivity contribution is 7.99. The van der Waals surface area contributed by atoms with Crippen LogP contribution in [0.5, 0.6) is 0 Å². The molecule has 22 heavy (non-hydrogen) atoms. The van der Waals surface area contributed by atoms with Crippen molar-refractivity contribution < 1.29 is 0 Å². The second-order valence-electron chi connectivity index (χ2n) is 4.73. The van der Waals surface area contributed by atoms with E-state index in [0.717, 1.165) is 0 Å². The lowest BCUT2D eigenvalue weighted by atomic mass is 10.2. The van der Waals surface area contributed by atoms with Crippen molar-refractivity contribution in [1.29, 1.82) is 0 Å². The minimum Gasteiger partial charge on any atom is -0.383 e. The van der Waals surface area contributed by atoms with Crippen molar-refractivity contribution in [2.75, 3.05) is 11.5 Å². The van der Waals surface area contributed by atoms with Crippen LogP contribution in [0.2, 0.25) is 0 Å². The zero-order valence-electron chi connectivity index (χ0n) is 11.8. The first-order valence-electron chi connectivity index (χ1n) is 6.58. The number of hydrogen-bond acceptors (Lipinski definition) is 7. The standard InChI is InChI=1S/C14H14N6OS/c1-7(22-14-18-10(15)6-11(16)19-14)12-17-9-5-3-2-4-8(9)13(21)20-12/h2-7H,1H3,(H,17,20,21)(H4,15,16,18,19)/t7-/m0/s1. The predicted octanol–water partition coefficient (Wildman–Crippen LogP) is 1.73. The summed E-state index contributed by atoms with van der Waals surface area (Å²) in [6.45, 7) is 1.90. The Kier molecular flexibility index (Phi) is 3.68. The molecule has 8 heteroatoms. The number of aromatic nitrogens is 4. The average molecular weight is 314 g/mol. The van der Waals surface area contributed by atoms with Crippen molar-refractivity contribution in [3.8, 4) is 0 Å². The maximum Gasteiger partial charge on any atom is 0.258 e.